The Morgan fingerprint density at radius 3 is 1.27 bits per heavy atom. The Morgan fingerprint density at radius 1 is 0.545 bits per heavy atom. The lowest BCUT2D eigenvalue weighted by atomic mass is 10.1. The van der Waals surface area contributed by atoms with Gasteiger partial charge in [0, 0.05) is 44.0 Å². The van der Waals surface area contributed by atoms with E-state index >= 15 is 0 Å². The molecule has 302 valence electrons. The van der Waals surface area contributed by atoms with Crippen LogP contribution in [0.3, 0.4) is 0 Å². The number of aromatic nitrogens is 2. The molecule has 0 aliphatic rings. The van der Waals surface area contributed by atoms with Gasteiger partial charge in [0.05, 0.1) is 18.0 Å². The molecule has 0 spiro atoms. The second kappa shape index (κ2) is 28.3. The topological polar surface area (TPSA) is 78.8 Å². The summed E-state index contributed by atoms with van der Waals surface area (Å²) in [6.07, 6.45) is 28.9. The first-order valence-corrected chi connectivity index (χ1v) is 21.8. The van der Waals surface area contributed by atoms with Gasteiger partial charge in [-0.05, 0) is 85.7 Å². The maximum Gasteiger partial charge on any atom is 0.317 e. The van der Waals surface area contributed by atoms with Gasteiger partial charge in [-0.3, -0.25) is 4.79 Å². The van der Waals surface area contributed by atoms with Gasteiger partial charge in [-0.1, -0.05) is 141 Å². The Bertz CT molecular complexity index is 1380. The van der Waals surface area contributed by atoms with Crippen LogP contribution in [0.15, 0.2) is 54.6 Å². The van der Waals surface area contributed by atoms with Crippen molar-refractivity contribution in [1.82, 2.24) is 9.97 Å². The molecule has 1 N–H and O–H groups in total. The zero-order valence-corrected chi connectivity index (χ0v) is 34.8. The van der Waals surface area contributed by atoms with E-state index in [0.29, 0.717) is 6.42 Å². The molecule has 2 aromatic carbocycles. The molecular weight excluding hydrogens is 681 g/mol. The lowest BCUT2D eigenvalue weighted by Crippen LogP contribution is -2.25. The van der Waals surface area contributed by atoms with E-state index < -0.39 is 5.97 Å². The van der Waals surface area contributed by atoms with Gasteiger partial charge in [-0.15, -0.1) is 0 Å². The van der Waals surface area contributed by atoms with E-state index in [9.17, 15) is 4.79 Å². The van der Waals surface area contributed by atoms with Crippen molar-refractivity contribution in [2.24, 2.45) is 0 Å². The quantitative estimate of drug-likeness (QED) is 0.0656. The third-order valence-corrected chi connectivity index (χ3v) is 10.0. The fourth-order valence-corrected chi connectivity index (χ4v) is 6.70. The maximum absolute atomic E-state index is 11.0. The van der Waals surface area contributed by atoms with Crippen molar-refractivity contribution in [2.75, 3.05) is 42.6 Å². The maximum atomic E-state index is 11.0. The molecule has 0 atom stereocenters. The minimum Gasteiger partial charge on any atom is -0.481 e. The lowest BCUT2D eigenvalue weighted by Gasteiger charge is -2.25. The van der Waals surface area contributed by atoms with Crippen LogP contribution in [0, 0.1) is 0 Å². The number of ether oxygens (including phenoxy) is 1. The van der Waals surface area contributed by atoms with Gasteiger partial charge in [-0.25, -0.2) is 0 Å². The molecule has 7 nitrogen and oxygen atoms in total. The third kappa shape index (κ3) is 19.3. The van der Waals surface area contributed by atoms with Gasteiger partial charge in [0.1, 0.15) is 0 Å². The Labute approximate surface area is 334 Å². The molecule has 7 heteroatoms. The Balaban J connectivity index is 1.75. The first-order chi connectivity index (χ1) is 26.9. The van der Waals surface area contributed by atoms with Crippen LogP contribution in [0.4, 0.5) is 11.4 Å². The van der Waals surface area contributed by atoms with Gasteiger partial charge >= 0.3 is 12.0 Å². The van der Waals surface area contributed by atoms with Crippen molar-refractivity contribution in [3.8, 4) is 6.01 Å². The molecule has 0 aliphatic heterocycles. The first kappa shape index (κ1) is 45.3. The van der Waals surface area contributed by atoms with Gasteiger partial charge < -0.3 is 19.6 Å². The summed E-state index contributed by atoms with van der Waals surface area (Å²) in [7, 11) is 0. The average Bonchev–Trinajstić information content (AvgIpc) is 3.20. The zero-order chi connectivity index (χ0) is 39.4. The minimum atomic E-state index is -0.839. The fraction of sp³-hybridized carbons (Fsp3) is 0.562. The lowest BCUT2D eigenvalue weighted by molar-refractivity contribution is -0.137. The summed E-state index contributed by atoms with van der Waals surface area (Å²) >= 11 is 0. The van der Waals surface area contributed by atoms with E-state index in [1.165, 1.54) is 114 Å². The molecular formula is C48H72N4O3. The Kier molecular flexibility index (Phi) is 23.3. The van der Waals surface area contributed by atoms with Crippen molar-refractivity contribution in [3.63, 3.8) is 0 Å². The predicted molar refractivity (Wildman–Crippen MR) is 236 cm³/mol. The van der Waals surface area contributed by atoms with E-state index in [4.69, 9.17) is 9.84 Å². The molecule has 0 saturated heterocycles. The van der Waals surface area contributed by atoms with E-state index in [1.807, 2.05) is 18.2 Å². The van der Waals surface area contributed by atoms with Crippen molar-refractivity contribution in [2.45, 2.75) is 143 Å². The highest BCUT2D eigenvalue weighted by Gasteiger charge is 2.09. The summed E-state index contributed by atoms with van der Waals surface area (Å²) in [4.78, 5) is 25.5. The molecule has 0 saturated carbocycles. The summed E-state index contributed by atoms with van der Waals surface area (Å²) in [5, 5.41) is 9.07. The number of rotatable bonds is 31. The number of unbranched alkanes of at least 4 members (excludes halogenated alkanes) is 12. The van der Waals surface area contributed by atoms with Crippen LogP contribution in [0.2, 0.25) is 0 Å². The highest BCUT2D eigenvalue weighted by Crippen LogP contribution is 2.22. The number of aliphatic carboxylic acids is 1. The molecule has 0 fully saturated rings. The third-order valence-electron chi connectivity index (χ3n) is 10.0. The number of hydrogen-bond donors (Lipinski definition) is 1. The molecule has 1 aromatic heterocycles. The molecule has 0 unspecified atom stereocenters. The van der Waals surface area contributed by atoms with Crippen molar-refractivity contribution in [3.05, 3.63) is 77.1 Å². The van der Waals surface area contributed by atoms with E-state index in [0.717, 1.165) is 48.7 Å². The second-order valence-electron chi connectivity index (χ2n) is 14.9. The normalized spacial score (nSPS) is 11.5. The number of benzene rings is 2. The summed E-state index contributed by atoms with van der Waals surface area (Å²) in [6, 6.07) is 19.9. The summed E-state index contributed by atoms with van der Waals surface area (Å²) in [6.45, 7) is 13.7. The van der Waals surface area contributed by atoms with Crippen LogP contribution in [0.1, 0.15) is 166 Å². The number of hydrogen-bond acceptors (Lipinski definition) is 6. The second-order valence-corrected chi connectivity index (χ2v) is 14.9. The molecule has 3 rings (SSSR count). The van der Waals surface area contributed by atoms with Gasteiger partial charge in [0.2, 0.25) is 0 Å². The van der Waals surface area contributed by atoms with Gasteiger partial charge in [-0.2, -0.15) is 9.97 Å². The summed E-state index contributed by atoms with van der Waals surface area (Å²) < 4.78 is 5.85. The molecule has 0 aliphatic carbocycles. The van der Waals surface area contributed by atoms with Crippen LogP contribution >= 0.6 is 0 Å². The van der Waals surface area contributed by atoms with Crippen LogP contribution < -0.4 is 14.5 Å². The Hall–Kier alpha value is -4.13. The van der Waals surface area contributed by atoms with Crippen molar-refractivity contribution in [1.29, 1.82) is 0 Å². The monoisotopic (exact) mass is 753 g/mol. The molecule has 3 aromatic rings. The number of nitrogens with zero attached hydrogens (tertiary/aromatic N) is 4. The van der Waals surface area contributed by atoms with E-state index in [-0.39, 0.29) is 19.0 Å². The molecule has 1 heterocycles. The highest BCUT2D eigenvalue weighted by molar-refractivity contribution is 5.73. The van der Waals surface area contributed by atoms with E-state index in [1.54, 1.807) is 0 Å². The number of carboxylic acids is 1. The van der Waals surface area contributed by atoms with Crippen LogP contribution in [0.25, 0.3) is 24.3 Å². The number of carboxylic acid groups (broad SMARTS) is 1. The van der Waals surface area contributed by atoms with Crippen molar-refractivity contribution < 1.29 is 14.6 Å². The summed E-state index contributed by atoms with van der Waals surface area (Å²) in [5.41, 5.74) is 6.25. The summed E-state index contributed by atoms with van der Waals surface area (Å²) in [5.74, 6) is -0.839. The standard InChI is InChI=1S/C48H72N4O3/c1-5-9-13-17-35-51(36-18-14-10-6-2)45-31-25-41(26-32-45)23-29-43-40-44(50-48(49-43)55-39-21-22-47(53)54)30-24-42-27-33-46(34-28-42)52(37-19-15-11-7-3)38-20-16-12-8-4/h23-34,40H,5-22,35-39H2,1-4H3,(H,53,54)/b29-23+,30-24+. The average molecular weight is 753 g/mol. The number of anilines is 2. The predicted octanol–water partition coefficient (Wildman–Crippen LogP) is 13.0. The first-order valence-electron chi connectivity index (χ1n) is 21.8. The zero-order valence-electron chi connectivity index (χ0n) is 34.8. The fourth-order valence-electron chi connectivity index (χ4n) is 6.70. The van der Waals surface area contributed by atoms with Crippen molar-refractivity contribution >= 4 is 41.6 Å². The van der Waals surface area contributed by atoms with Gasteiger partial charge in [0.25, 0.3) is 0 Å². The highest BCUT2D eigenvalue weighted by atomic mass is 16.5. The van der Waals surface area contributed by atoms with Crippen LogP contribution in [0.5, 0.6) is 6.01 Å². The molecule has 0 amide bonds. The molecule has 0 radical (unpaired) electrons. The number of carbonyl (C=O) groups is 1. The molecule has 0 bridgehead atoms. The molecule has 55 heavy (non-hydrogen) atoms. The largest absolute Gasteiger partial charge is 0.481 e. The van der Waals surface area contributed by atoms with Gasteiger partial charge in [0.15, 0.2) is 0 Å². The minimum absolute atomic E-state index is 0.0438. The van der Waals surface area contributed by atoms with Crippen LogP contribution in [-0.4, -0.2) is 53.8 Å². The van der Waals surface area contributed by atoms with E-state index in [2.05, 4.69) is 108 Å². The van der Waals surface area contributed by atoms with Crippen LogP contribution in [-0.2, 0) is 4.79 Å². The Morgan fingerprint density at radius 2 is 0.927 bits per heavy atom. The SMILES string of the molecule is CCCCCCN(CCCCCC)c1ccc(/C=C/c2cc(/C=C/c3ccc(N(CCCCCC)CCCCCC)cc3)nc(OCCCC(=O)O)n2)cc1. The smallest absolute Gasteiger partial charge is 0.317 e.